The number of carbonyl (C=O) groups is 1. The Kier molecular flexibility index (Phi) is 3.23. The Bertz CT molecular complexity index is 860. The summed E-state index contributed by atoms with van der Waals surface area (Å²) < 4.78 is 1.94. The first-order valence-electron chi connectivity index (χ1n) is 7.80. The number of fused-ring (bicyclic) bond motifs is 1. The molecule has 1 aliphatic rings. The van der Waals surface area contributed by atoms with Gasteiger partial charge in [0.25, 0.3) is 0 Å². The molecule has 0 aliphatic heterocycles. The summed E-state index contributed by atoms with van der Waals surface area (Å²) in [6, 6.07) is 14.1. The number of hydrogen-bond acceptors (Lipinski definition) is 3. The van der Waals surface area contributed by atoms with E-state index in [-0.39, 0.29) is 11.2 Å². The minimum Gasteiger partial charge on any atom is -0.294 e. The molecule has 0 saturated heterocycles. The Morgan fingerprint density at radius 2 is 1.87 bits per heavy atom. The molecule has 0 saturated carbocycles. The molecule has 0 unspecified atom stereocenters. The monoisotopic (exact) mass is 322 g/mol. The lowest BCUT2D eigenvalue weighted by molar-refractivity contribution is 0.0912. The van der Waals surface area contributed by atoms with Gasteiger partial charge in [0.1, 0.15) is 0 Å². The number of Topliss-reactive ketones (excluding diaryl/α,β-unsaturated/α-hetero) is 1. The van der Waals surface area contributed by atoms with Gasteiger partial charge in [-0.2, -0.15) is 5.10 Å². The fourth-order valence-electron chi connectivity index (χ4n) is 3.32. The molecule has 0 spiro atoms. The van der Waals surface area contributed by atoms with Gasteiger partial charge in [0, 0.05) is 6.42 Å². The van der Waals surface area contributed by atoms with Gasteiger partial charge in [-0.1, -0.05) is 38.1 Å². The maximum atomic E-state index is 12.8. The van der Waals surface area contributed by atoms with Crippen LogP contribution in [-0.2, 0) is 6.42 Å². The van der Waals surface area contributed by atoms with E-state index in [0.29, 0.717) is 6.42 Å². The van der Waals surface area contributed by atoms with Gasteiger partial charge in [-0.3, -0.25) is 4.79 Å². The number of aromatic nitrogens is 2. The van der Waals surface area contributed by atoms with E-state index in [1.165, 1.54) is 0 Å². The van der Waals surface area contributed by atoms with E-state index < -0.39 is 0 Å². The fourth-order valence-corrected chi connectivity index (χ4v) is 4.08. The lowest BCUT2D eigenvalue weighted by atomic mass is 9.75. The molecule has 0 amide bonds. The van der Waals surface area contributed by atoms with Crippen LogP contribution in [0.3, 0.4) is 0 Å². The number of benzene rings is 1. The van der Waals surface area contributed by atoms with Gasteiger partial charge < -0.3 is 0 Å². The molecule has 2 aromatic heterocycles. The molecule has 0 bridgehead atoms. The molecule has 116 valence electrons. The van der Waals surface area contributed by atoms with Crippen molar-refractivity contribution in [1.82, 2.24) is 9.78 Å². The van der Waals surface area contributed by atoms with Crippen molar-refractivity contribution < 1.29 is 4.79 Å². The Balaban J connectivity index is 1.99. The number of ketones is 1. The summed E-state index contributed by atoms with van der Waals surface area (Å²) in [7, 11) is 0. The van der Waals surface area contributed by atoms with Crippen LogP contribution < -0.4 is 0 Å². The highest BCUT2D eigenvalue weighted by Gasteiger charge is 2.36. The smallest absolute Gasteiger partial charge is 0.167 e. The maximum absolute atomic E-state index is 12.8. The predicted octanol–water partition coefficient (Wildman–Crippen LogP) is 4.76. The maximum Gasteiger partial charge on any atom is 0.167 e. The molecule has 1 aliphatic carbocycles. The van der Waals surface area contributed by atoms with Crippen LogP contribution in [0.5, 0.6) is 0 Å². The zero-order valence-corrected chi connectivity index (χ0v) is 14.1. The molecule has 3 aromatic rings. The summed E-state index contributed by atoms with van der Waals surface area (Å²) in [5.41, 5.74) is 3.67. The number of thiophene rings is 1. The van der Waals surface area contributed by atoms with Crippen molar-refractivity contribution in [2.24, 2.45) is 5.41 Å². The number of rotatable bonds is 2. The lowest BCUT2D eigenvalue weighted by Crippen LogP contribution is -2.26. The average molecular weight is 322 g/mol. The normalized spacial score (nSPS) is 16.3. The number of hydrogen-bond donors (Lipinski definition) is 0. The highest BCUT2D eigenvalue weighted by Crippen LogP contribution is 2.40. The first-order chi connectivity index (χ1) is 11.1. The van der Waals surface area contributed by atoms with Crippen LogP contribution in [0.15, 0.2) is 47.8 Å². The predicted molar refractivity (Wildman–Crippen MR) is 93.3 cm³/mol. The van der Waals surface area contributed by atoms with E-state index >= 15 is 0 Å². The summed E-state index contributed by atoms with van der Waals surface area (Å²) in [4.78, 5) is 13.9. The molecule has 2 heterocycles. The van der Waals surface area contributed by atoms with Crippen molar-refractivity contribution in [3.05, 3.63) is 59.1 Å². The van der Waals surface area contributed by atoms with Crippen LogP contribution in [0.25, 0.3) is 16.3 Å². The first-order valence-corrected chi connectivity index (χ1v) is 8.67. The third-order valence-electron chi connectivity index (χ3n) is 4.28. The molecule has 4 rings (SSSR count). The van der Waals surface area contributed by atoms with Crippen molar-refractivity contribution in [3.8, 4) is 16.3 Å². The third-order valence-corrected chi connectivity index (χ3v) is 5.15. The van der Waals surface area contributed by atoms with Crippen LogP contribution >= 0.6 is 11.3 Å². The SMILES string of the molecule is CC1(C)CC(=O)c2c(nn(-c3ccccc3)c2-c2cccs2)C1. The standard InChI is InChI=1S/C19H18N2OS/c1-19(2)11-14-17(15(22)12-19)18(16-9-6-10-23-16)21(20-14)13-7-4-3-5-8-13/h3-10H,11-12H2,1-2H3. The third kappa shape index (κ3) is 2.43. The van der Waals surface area contributed by atoms with Gasteiger partial charge >= 0.3 is 0 Å². The molecule has 0 N–H and O–H groups in total. The first kappa shape index (κ1) is 14.4. The Hall–Kier alpha value is -2.20. The van der Waals surface area contributed by atoms with E-state index in [1.807, 2.05) is 46.5 Å². The zero-order valence-electron chi connectivity index (χ0n) is 13.2. The number of para-hydroxylation sites is 1. The quantitative estimate of drug-likeness (QED) is 0.682. The van der Waals surface area contributed by atoms with Gasteiger partial charge in [-0.05, 0) is 35.4 Å². The Morgan fingerprint density at radius 1 is 1.09 bits per heavy atom. The van der Waals surface area contributed by atoms with Crippen LogP contribution in [0.2, 0.25) is 0 Å². The van der Waals surface area contributed by atoms with Crippen molar-refractivity contribution in [3.63, 3.8) is 0 Å². The Labute approximate surface area is 139 Å². The van der Waals surface area contributed by atoms with E-state index in [4.69, 9.17) is 5.10 Å². The molecule has 1 aromatic carbocycles. The summed E-state index contributed by atoms with van der Waals surface area (Å²) in [5.74, 6) is 0.210. The average Bonchev–Trinajstić information content (AvgIpc) is 3.13. The zero-order chi connectivity index (χ0) is 16.0. The highest BCUT2D eigenvalue weighted by atomic mass is 32.1. The van der Waals surface area contributed by atoms with Gasteiger partial charge in [0.05, 0.1) is 27.5 Å². The molecule has 0 atom stereocenters. The van der Waals surface area contributed by atoms with Crippen LogP contribution in [0, 0.1) is 5.41 Å². The van der Waals surface area contributed by atoms with Crippen molar-refractivity contribution in [1.29, 1.82) is 0 Å². The molecule has 23 heavy (non-hydrogen) atoms. The van der Waals surface area contributed by atoms with Crippen LogP contribution in [0.4, 0.5) is 0 Å². The molecule has 3 nitrogen and oxygen atoms in total. The van der Waals surface area contributed by atoms with Gasteiger partial charge in [-0.25, -0.2) is 4.68 Å². The lowest BCUT2D eigenvalue weighted by Gasteiger charge is -2.27. The Morgan fingerprint density at radius 3 is 2.57 bits per heavy atom. The second-order valence-electron chi connectivity index (χ2n) is 6.84. The van der Waals surface area contributed by atoms with Crippen molar-refractivity contribution in [2.75, 3.05) is 0 Å². The van der Waals surface area contributed by atoms with E-state index in [9.17, 15) is 4.79 Å². The molecule has 0 radical (unpaired) electrons. The van der Waals surface area contributed by atoms with E-state index in [0.717, 1.165) is 33.9 Å². The second-order valence-corrected chi connectivity index (χ2v) is 7.78. The molecule has 4 heteroatoms. The van der Waals surface area contributed by atoms with E-state index in [2.05, 4.69) is 19.9 Å². The molecule has 0 fully saturated rings. The summed E-state index contributed by atoms with van der Waals surface area (Å²) in [5, 5.41) is 6.87. The second kappa shape index (κ2) is 5.17. The van der Waals surface area contributed by atoms with Gasteiger partial charge in [-0.15, -0.1) is 11.3 Å². The highest BCUT2D eigenvalue weighted by molar-refractivity contribution is 7.13. The summed E-state index contributed by atoms with van der Waals surface area (Å²) >= 11 is 1.65. The fraction of sp³-hybridized carbons (Fsp3) is 0.263. The largest absolute Gasteiger partial charge is 0.294 e. The van der Waals surface area contributed by atoms with Gasteiger partial charge in [0.15, 0.2) is 5.78 Å². The van der Waals surface area contributed by atoms with Crippen molar-refractivity contribution >= 4 is 17.1 Å². The minimum atomic E-state index is -0.0212. The number of nitrogens with zero attached hydrogens (tertiary/aromatic N) is 2. The van der Waals surface area contributed by atoms with Crippen LogP contribution in [0.1, 0.15) is 36.3 Å². The summed E-state index contributed by atoms with van der Waals surface area (Å²) in [6.07, 6.45) is 1.42. The number of carbonyl (C=O) groups excluding carboxylic acids is 1. The molecular formula is C19H18N2OS. The summed E-state index contributed by atoms with van der Waals surface area (Å²) in [6.45, 7) is 4.28. The van der Waals surface area contributed by atoms with Crippen LogP contribution in [-0.4, -0.2) is 15.6 Å². The van der Waals surface area contributed by atoms with E-state index in [1.54, 1.807) is 11.3 Å². The topological polar surface area (TPSA) is 34.9 Å². The molecular weight excluding hydrogens is 304 g/mol. The van der Waals surface area contributed by atoms with Gasteiger partial charge in [0.2, 0.25) is 0 Å². The van der Waals surface area contributed by atoms with Crippen molar-refractivity contribution in [2.45, 2.75) is 26.7 Å². The minimum absolute atomic E-state index is 0.0212.